The van der Waals surface area contributed by atoms with Crippen LogP contribution in [-0.2, 0) is 4.43 Å². The van der Waals surface area contributed by atoms with E-state index in [-0.39, 0.29) is 10.1 Å². The summed E-state index contributed by atoms with van der Waals surface area (Å²) in [7, 11) is 1.15. The minimum atomic E-state index is -2.14. The van der Waals surface area contributed by atoms with Crippen LogP contribution in [-0.4, -0.2) is 40.3 Å². The van der Waals surface area contributed by atoms with Gasteiger partial charge in [0.25, 0.3) is 8.32 Å². The molecule has 35 heavy (non-hydrogen) atoms. The van der Waals surface area contributed by atoms with Crippen LogP contribution in [0.3, 0.4) is 0 Å². The molecule has 0 radical (unpaired) electrons. The minimum absolute atomic E-state index is 0.0404. The van der Waals surface area contributed by atoms with Crippen molar-refractivity contribution in [3.05, 3.63) is 41.0 Å². The third-order valence-electron chi connectivity index (χ3n) is 7.28. The lowest BCUT2D eigenvalue weighted by atomic mass is 10.2. The predicted octanol–water partition coefficient (Wildman–Crippen LogP) is 8.66. The summed E-state index contributed by atoms with van der Waals surface area (Å²) in [5.41, 5.74) is 2.30. The van der Waals surface area contributed by atoms with Crippen LogP contribution in [0.25, 0.3) is 15.9 Å². The average Bonchev–Trinajstić information content (AvgIpc) is 2.75. The van der Waals surface area contributed by atoms with Crippen molar-refractivity contribution >= 4 is 54.2 Å². The maximum Gasteiger partial charge on any atom is 0.252 e. The van der Waals surface area contributed by atoms with Gasteiger partial charge in [0.2, 0.25) is 5.88 Å². The minimum Gasteiger partial charge on any atom is -0.529 e. The number of allylic oxidation sites excluding steroid dienone is 2. The molecule has 0 unspecified atom stereocenters. The molecule has 192 valence electrons. The Hall–Kier alpha value is -1.27. The van der Waals surface area contributed by atoms with Gasteiger partial charge in [0.15, 0.2) is 8.32 Å². The predicted molar refractivity (Wildman–Crippen MR) is 158 cm³/mol. The molecule has 2 heterocycles. The average molecular weight is 549 g/mol. The zero-order chi connectivity index (χ0) is 26.2. The summed E-state index contributed by atoms with van der Waals surface area (Å²) in [6.45, 7) is 23.2. The van der Waals surface area contributed by atoms with Crippen LogP contribution in [0.4, 0.5) is 0 Å². The Kier molecular flexibility index (Phi) is 8.28. The van der Waals surface area contributed by atoms with Gasteiger partial charge in [-0.15, -0.1) is 0 Å². The molecule has 5 nitrogen and oxygen atoms in total. The number of aromatic nitrogens is 2. The fourth-order valence-corrected chi connectivity index (χ4v) is 6.86. The quantitative estimate of drug-likeness (QED) is 0.253. The van der Waals surface area contributed by atoms with Crippen molar-refractivity contribution in [3.8, 4) is 11.6 Å². The van der Waals surface area contributed by atoms with Crippen LogP contribution in [0.5, 0.6) is 11.6 Å². The van der Waals surface area contributed by atoms with Crippen molar-refractivity contribution in [3.63, 3.8) is 0 Å². The molecule has 1 aromatic heterocycles. The van der Waals surface area contributed by atoms with Gasteiger partial charge in [0.1, 0.15) is 17.0 Å². The summed E-state index contributed by atoms with van der Waals surface area (Å²) < 4.78 is 18.7. The number of hydrogen-bond acceptors (Lipinski definition) is 7. The van der Waals surface area contributed by atoms with Crippen LogP contribution in [0.2, 0.25) is 36.3 Å². The van der Waals surface area contributed by atoms with E-state index in [2.05, 4.69) is 79.9 Å². The second-order valence-corrected chi connectivity index (χ2v) is 23.8. The third kappa shape index (κ3) is 6.36. The Labute approximate surface area is 221 Å². The summed E-state index contributed by atoms with van der Waals surface area (Å²) >= 11 is 0. The molecule has 2 aromatic rings. The fraction of sp³-hybridized carbons (Fsp3) is 0.538. The van der Waals surface area contributed by atoms with Crippen molar-refractivity contribution in [2.24, 2.45) is 0 Å². The van der Waals surface area contributed by atoms with Crippen molar-refractivity contribution in [2.45, 2.75) is 77.8 Å². The molecule has 0 saturated heterocycles. The number of rotatable bonds is 7. The third-order valence-corrected chi connectivity index (χ3v) is 18.6. The maximum absolute atomic E-state index is 6.72. The molecule has 0 saturated carbocycles. The number of para-hydroxylation sites is 1. The van der Waals surface area contributed by atoms with Gasteiger partial charge in [-0.25, -0.2) is 9.97 Å². The first kappa shape index (κ1) is 28.3. The molecule has 1 aliphatic rings. The molecule has 1 aromatic carbocycles. The van der Waals surface area contributed by atoms with Crippen LogP contribution in [0.1, 0.15) is 47.2 Å². The first-order chi connectivity index (χ1) is 16.1. The second-order valence-electron chi connectivity index (χ2n) is 11.9. The van der Waals surface area contributed by atoms with Gasteiger partial charge >= 0.3 is 0 Å². The van der Waals surface area contributed by atoms with E-state index in [4.69, 9.17) is 23.6 Å². The molecule has 0 aliphatic carbocycles. The van der Waals surface area contributed by atoms with Crippen LogP contribution in [0.15, 0.2) is 35.3 Å². The zero-order valence-corrected chi connectivity index (χ0v) is 26.7. The zero-order valence-electron chi connectivity index (χ0n) is 23.0. The van der Waals surface area contributed by atoms with E-state index in [1.54, 1.807) is 28.7 Å². The molecule has 0 N–H and O–H groups in total. The smallest absolute Gasteiger partial charge is 0.252 e. The number of benzene rings is 1. The first-order valence-electron chi connectivity index (χ1n) is 12.0. The maximum atomic E-state index is 6.72. The summed E-state index contributed by atoms with van der Waals surface area (Å²) in [5.74, 6) is 1.29. The van der Waals surface area contributed by atoms with Gasteiger partial charge in [-0.3, -0.25) is 0 Å². The Balaban J connectivity index is 1.99. The standard InChI is InChI=1S/C26H40N2O3S2Si2/c1-25(2,3)34(8,9)30-17-18-15-16-21(33-32-18)23-24(31-35(10,11)26(4,5)6)28-22-19(27-23)13-12-14-20(22)29-7/h12-16H,17H2,1-11H3. The van der Waals surface area contributed by atoms with E-state index in [9.17, 15) is 0 Å². The molecule has 0 fully saturated rings. The number of ether oxygens (including phenoxy) is 1. The van der Waals surface area contributed by atoms with Crippen molar-refractivity contribution in [1.82, 2.24) is 9.97 Å². The van der Waals surface area contributed by atoms with Gasteiger partial charge in [0, 0.05) is 9.81 Å². The largest absolute Gasteiger partial charge is 0.529 e. The van der Waals surface area contributed by atoms with E-state index in [1.807, 2.05) is 18.2 Å². The molecular formula is C26H40N2O3S2Si2. The van der Waals surface area contributed by atoms with Crippen LogP contribution >= 0.6 is 21.6 Å². The summed E-state index contributed by atoms with van der Waals surface area (Å²) in [6.07, 6.45) is 4.28. The molecule has 0 amide bonds. The molecular weight excluding hydrogens is 509 g/mol. The number of nitrogens with zero attached hydrogens (tertiary/aromatic N) is 2. The van der Waals surface area contributed by atoms with Gasteiger partial charge in [-0.1, -0.05) is 69.2 Å². The first-order valence-corrected chi connectivity index (χ1v) is 20.0. The lowest BCUT2D eigenvalue weighted by molar-refractivity contribution is 0.325. The summed E-state index contributed by atoms with van der Waals surface area (Å²) in [4.78, 5) is 12.2. The Morgan fingerprint density at radius 1 is 0.857 bits per heavy atom. The highest BCUT2D eigenvalue weighted by Crippen LogP contribution is 2.48. The Morgan fingerprint density at radius 2 is 1.51 bits per heavy atom. The SMILES string of the molecule is COc1cccc2nc(C3=CC=C(CO[Si](C)(C)C(C)(C)C)SS3)c(O[Si](C)(C)C(C)(C)C)nc12. The highest BCUT2D eigenvalue weighted by atomic mass is 33.1. The van der Waals surface area contributed by atoms with Gasteiger partial charge < -0.3 is 13.6 Å². The number of methoxy groups -OCH3 is 1. The van der Waals surface area contributed by atoms with Gasteiger partial charge in [-0.2, -0.15) is 0 Å². The molecule has 0 bridgehead atoms. The Bertz CT molecular complexity index is 1150. The second kappa shape index (κ2) is 10.2. The van der Waals surface area contributed by atoms with Crippen LogP contribution in [0, 0.1) is 0 Å². The molecule has 0 atom stereocenters. The van der Waals surface area contributed by atoms with Gasteiger partial charge in [-0.05, 0) is 60.5 Å². The Morgan fingerprint density at radius 3 is 2.06 bits per heavy atom. The summed E-state index contributed by atoms with van der Waals surface area (Å²) in [5, 5.41) is 0.234. The number of hydrogen-bond donors (Lipinski definition) is 0. The van der Waals surface area contributed by atoms with E-state index < -0.39 is 16.6 Å². The molecule has 3 rings (SSSR count). The molecule has 9 heteroatoms. The monoisotopic (exact) mass is 548 g/mol. The van der Waals surface area contributed by atoms with Crippen LogP contribution < -0.4 is 9.16 Å². The topological polar surface area (TPSA) is 53.5 Å². The lowest BCUT2D eigenvalue weighted by Crippen LogP contribution is -2.44. The van der Waals surface area contributed by atoms with Crippen molar-refractivity contribution < 1.29 is 13.6 Å². The summed E-state index contributed by atoms with van der Waals surface area (Å²) in [6, 6.07) is 5.83. The van der Waals surface area contributed by atoms with Gasteiger partial charge in [0.05, 0.1) is 19.2 Å². The van der Waals surface area contributed by atoms with E-state index in [0.717, 1.165) is 21.6 Å². The molecule has 1 aliphatic heterocycles. The highest BCUT2D eigenvalue weighted by molar-refractivity contribution is 8.81. The normalized spacial score (nSPS) is 15.6. The van der Waals surface area contributed by atoms with Crippen molar-refractivity contribution in [2.75, 3.05) is 13.7 Å². The fourth-order valence-electron chi connectivity index (χ4n) is 2.81. The molecule has 0 spiro atoms. The highest BCUT2D eigenvalue weighted by Gasteiger charge is 2.40. The van der Waals surface area contributed by atoms with E-state index in [0.29, 0.717) is 18.2 Å². The number of fused-ring (bicyclic) bond motifs is 1. The van der Waals surface area contributed by atoms with Crippen molar-refractivity contribution in [1.29, 1.82) is 0 Å². The van der Waals surface area contributed by atoms with E-state index in [1.165, 1.54) is 4.91 Å². The van der Waals surface area contributed by atoms with E-state index >= 15 is 0 Å². The lowest BCUT2D eigenvalue weighted by Gasteiger charge is -2.36.